The van der Waals surface area contributed by atoms with Crippen LogP contribution in [0.2, 0.25) is 0 Å². The van der Waals surface area contributed by atoms with Crippen LogP contribution in [0.1, 0.15) is 51.4 Å². The summed E-state index contributed by atoms with van der Waals surface area (Å²) in [5.41, 5.74) is 0.243. The molecule has 0 aromatic heterocycles. The standard InChI is InChI=1S/C19H36N4O2.HI/c1-20-18(21-14-16-6-5-7-17(16)24)22-15-19(8-3-2-4-9-19)23-10-12-25-13-11-23;/h16-17,24H,2-15H2,1H3,(H2,20,21,22);1H. The van der Waals surface area contributed by atoms with E-state index in [-0.39, 0.29) is 35.6 Å². The minimum absolute atomic E-state index is 0. The molecule has 0 amide bonds. The Morgan fingerprint density at radius 1 is 1.12 bits per heavy atom. The van der Waals surface area contributed by atoms with Gasteiger partial charge < -0.3 is 20.5 Å². The second-order valence-corrected chi connectivity index (χ2v) is 7.95. The number of aliphatic hydroxyl groups excluding tert-OH is 1. The maximum absolute atomic E-state index is 10.0. The molecule has 2 aliphatic carbocycles. The first-order valence-electron chi connectivity index (χ1n) is 10.2. The quantitative estimate of drug-likeness (QED) is 0.319. The molecule has 3 fully saturated rings. The summed E-state index contributed by atoms with van der Waals surface area (Å²) in [6.07, 6.45) is 9.57. The lowest BCUT2D eigenvalue weighted by molar-refractivity contribution is -0.0352. The summed E-state index contributed by atoms with van der Waals surface area (Å²) < 4.78 is 5.57. The number of aliphatic hydroxyl groups is 1. The van der Waals surface area contributed by atoms with Crippen LogP contribution in [-0.4, -0.2) is 74.0 Å². The van der Waals surface area contributed by atoms with Crippen molar-refractivity contribution in [3.63, 3.8) is 0 Å². The maximum Gasteiger partial charge on any atom is 0.191 e. The van der Waals surface area contributed by atoms with Crippen LogP contribution in [0.25, 0.3) is 0 Å². The van der Waals surface area contributed by atoms with Gasteiger partial charge in [0, 0.05) is 44.7 Å². The van der Waals surface area contributed by atoms with Crippen molar-refractivity contribution in [3.8, 4) is 0 Å². The molecule has 6 nitrogen and oxygen atoms in total. The number of hydrogen-bond acceptors (Lipinski definition) is 4. The van der Waals surface area contributed by atoms with Crippen LogP contribution in [0.3, 0.4) is 0 Å². The predicted octanol–water partition coefficient (Wildman–Crippen LogP) is 1.97. The van der Waals surface area contributed by atoms with E-state index in [0.29, 0.717) is 5.92 Å². The molecule has 0 spiro atoms. The highest BCUT2D eigenvalue weighted by Crippen LogP contribution is 2.33. The zero-order valence-electron chi connectivity index (χ0n) is 16.2. The number of nitrogens with one attached hydrogen (secondary N) is 2. The van der Waals surface area contributed by atoms with E-state index >= 15 is 0 Å². The van der Waals surface area contributed by atoms with Gasteiger partial charge in [0.15, 0.2) is 5.96 Å². The summed E-state index contributed by atoms with van der Waals surface area (Å²) >= 11 is 0. The van der Waals surface area contributed by atoms with Gasteiger partial charge in [-0.25, -0.2) is 0 Å². The molecule has 7 heteroatoms. The molecule has 1 heterocycles. The first kappa shape index (κ1) is 22.2. The number of rotatable bonds is 5. The van der Waals surface area contributed by atoms with Crippen LogP contribution in [0.15, 0.2) is 4.99 Å². The summed E-state index contributed by atoms with van der Waals surface area (Å²) in [6.45, 7) is 5.55. The van der Waals surface area contributed by atoms with Crippen LogP contribution in [0, 0.1) is 5.92 Å². The molecule has 3 N–H and O–H groups in total. The van der Waals surface area contributed by atoms with Gasteiger partial charge >= 0.3 is 0 Å². The van der Waals surface area contributed by atoms with Crippen molar-refractivity contribution in [1.82, 2.24) is 15.5 Å². The number of hydrogen-bond donors (Lipinski definition) is 3. The number of morpholine rings is 1. The van der Waals surface area contributed by atoms with Crippen molar-refractivity contribution in [3.05, 3.63) is 0 Å². The van der Waals surface area contributed by atoms with Gasteiger partial charge in [0.2, 0.25) is 0 Å². The Balaban J connectivity index is 0.00000243. The molecule has 1 aliphatic heterocycles. The molecule has 2 unspecified atom stereocenters. The first-order valence-corrected chi connectivity index (χ1v) is 10.2. The van der Waals surface area contributed by atoms with Gasteiger partial charge in [-0.3, -0.25) is 9.89 Å². The number of aliphatic imine (C=N–C) groups is 1. The fraction of sp³-hybridized carbons (Fsp3) is 0.947. The molecule has 0 bridgehead atoms. The van der Waals surface area contributed by atoms with E-state index in [4.69, 9.17) is 4.74 Å². The largest absolute Gasteiger partial charge is 0.393 e. The smallest absolute Gasteiger partial charge is 0.191 e. The zero-order valence-corrected chi connectivity index (χ0v) is 18.5. The SMILES string of the molecule is CN=C(NCC1CCCC1O)NCC1(N2CCOCC2)CCCCC1.I. The molecular weight excluding hydrogens is 443 g/mol. The topological polar surface area (TPSA) is 69.1 Å². The Hall–Kier alpha value is -0.120. The van der Waals surface area contributed by atoms with Gasteiger partial charge in [-0.05, 0) is 25.7 Å². The Morgan fingerprint density at radius 3 is 2.46 bits per heavy atom. The number of nitrogens with zero attached hydrogens (tertiary/aromatic N) is 2. The first-order chi connectivity index (χ1) is 12.2. The lowest BCUT2D eigenvalue weighted by Gasteiger charge is -2.48. The summed E-state index contributed by atoms with van der Waals surface area (Å²) in [6, 6.07) is 0. The van der Waals surface area contributed by atoms with Crippen molar-refractivity contribution in [1.29, 1.82) is 0 Å². The Kier molecular flexibility index (Phi) is 9.40. The van der Waals surface area contributed by atoms with Crippen LogP contribution < -0.4 is 10.6 Å². The summed E-state index contributed by atoms with van der Waals surface area (Å²) in [5.74, 6) is 1.23. The molecule has 152 valence electrons. The molecule has 1 saturated heterocycles. The van der Waals surface area contributed by atoms with E-state index in [1.165, 1.54) is 32.1 Å². The highest BCUT2D eigenvalue weighted by atomic mass is 127. The third-order valence-electron chi connectivity index (χ3n) is 6.43. The molecule has 3 aliphatic rings. The Morgan fingerprint density at radius 2 is 1.85 bits per heavy atom. The summed E-state index contributed by atoms with van der Waals surface area (Å²) in [5, 5.41) is 17.0. The van der Waals surface area contributed by atoms with E-state index < -0.39 is 0 Å². The van der Waals surface area contributed by atoms with Gasteiger partial charge in [0.1, 0.15) is 0 Å². The van der Waals surface area contributed by atoms with E-state index in [0.717, 1.165) is 64.6 Å². The zero-order chi connectivity index (χ0) is 17.5. The molecule has 26 heavy (non-hydrogen) atoms. The van der Waals surface area contributed by atoms with Crippen LogP contribution >= 0.6 is 24.0 Å². The Bertz CT molecular complexity index is 437. The van der Waals surface area contributed by atoms with E-state index in [1.54, 1.807) is 0 Å². The van der Waals surface area contributed by atoms with E-state index in [2.05, 4.69) is 20.5 Å². The van der Waals surface area contributed by atoms with Crippen molar-refractivity contribution < 1.29 is 9.84 Å². The van der Waals surface area contributed by atoms with Gasteiger partial charge in [0.25, 0.3) is 0 Å². The predicted molar refractivity (Wildman–Crippen MR) is 116 cm³/mol. The minimum Gasteiger partial charge on any atom is -0.393 e. The lowest BCUT2D eigenvalue weighted by Crippen LogP contribution is -2.60. The monoisotopic (exact) mass is 480 g/mol. The molecule has 3 rings (SSSR count). The van der Waals surface area contributed by atoms with Crippen molar-refractivity contribution in [2.24, 2.45) is 10.9 Å². The third kappa shape index (κ3) is 5.69. The summed E-state index contributed by atoms with van der Waals surface area (Å²) in [7, 11) is 1.84. The fourth-order valence-electron chi connectivity index (χ4n) is 4.80. The second kappa shape index (κ2) is 11.0. The molecule has 0 aromatic carbocycles. The number of ether oxygens (including phenoxy) is 1. The normalized spacial score (nSPS) is 29.8. The maximum atomic E-state index is 10.0. The average molecular weight is 480 g/mol. The van der Waals surface area contributed by atoms with Crippen LogP contribution in [0.4, 0.5) is 0 Å². The average Bonchev–Trinajstić information content (AvgIpc) is 3.08. The highest BCUT2D eigenvalue weighted by Gasteiger charge is 2.38. The van der Waals surface area contributed by atoms with Gasteiger partial charge in [-0.2, -0.15) is 0 Å². The van der Waals surface area contributed by atoms with Crippen LogP contribution in [0.5, 0.6) is 0 Å². The van der Waals surface area contributed by atoms with Crippen molar-refractivity contribution in [2.45, 2.75) is 63.0 Å². The summed E-state index contributed by atoms with van der Waals surface area (Å²) in [4.78, 5) is 7.05. The second-order valence-electron chi connectivity index (χ2n) is 7.95. The lowest BCUT2D eigenvalue weighted by atomic mass is 9.80. The molecule has 0 aromatic rings. The van der Waals surface area contributed by atoms with Gasteiger partial charge in [0.05, 0.1) is 19.3 Å². The fourth-order valence-corrected chi connectivity index (χ4v) is 4.80. The number of guanidine groups is 1. The molecule has 2 saturated carbocycles. The Labute approximate surface area is 175 Å². The van der Waals surface area contributed by atoms with Crippen molar-refractivity contribution >= 4 is 29.9 Å². The number of halogens is 1. The third-order valence-corrected chi connectivity index (χ3v) is 6.43. The molecule has 2 atom stereocenters. The van der Waals surface area contributed by atoms with Crippen molar-refractivity contribution in [2.75, 3.05) is 46.4 Å². The van der Waals surface area contributed by atoms with E-state index in [1.807, 2.05) is 7.05 Å². The minimum atomic E-state index is -0.149. The van der Waals surface area contributed by atoms with Gasteiger partial charge in [-0.15, -0.1) is 24.0 Å². The molecular formula is C19H37IN4O2. The van der Waals surface area contributed by atoms with Gasteiger partial charge in [-0.1, -0.05) is 25.7 Å². The van der Waals surface area contributed by atoms with Crippen LogP contribution in [-0.2, 0) is 4.74 Å². The highest BCUT2D eigenvalue weighted by molar-refractivity contribution is 14.0. The molecule has 0 radical (unpaired) electrons. The van der Waals surface area contributed by atoms with E-state index in [9.17, 15) is 5.11 Å².